The standard InChI is InChI=1S/C15H28N2O2/c1-4-12-6-5-9-17(12)13-7-8-15(10-13,14(18)19)16-11(2)3/h11-13,16H,4-10H2,1-3H3,(H,18,19). The van der Waals surface area contributed by atoms with Crippen molar-refractivity contribution in [1.82, 2.24) is 10.2 Å². The van der Waals surface area contributed by atoms with Crippen LogP contribution >= 0.6 is 0 Å². The Morgan fingerprint density at radius 2 is 2.21 bits per heavy atom. The van der Waals surface area contributed by atoms with Crippen molar-refractivity contribution in [1.29, 1.82) is 0 Å². The molecule has 19 heavy (non-hydrogen) atoms. The van der Waals surface area contributed by atoms with Crippen LogP contribution in [0.25, 0.3) is 0 Å². The third-order valence-corrected chi connectivity index (χ3v) is 4.83. The number of rotatable bonds is 5. The lowest BCUT2D eigenvalue weighted by Gasteiger charge is -2.33. The van der Waals surface area contributed by atoms with Gasteiger partial charge in [-0.15, -0.1) is 0 Å². The number of likely N-dealkylation sites (tertiary alicyclic amines) is 1. The second-order valence-electron chi connectivity index (χ2n) is 6.53. The fourth-order valence-corrected chi connectivity index (χ4v) is 4.02. The largest absolute Gasteiger partial charge is 0.480 e. The highest BCUT2D eigenvalue weighted by Gasteiger charge is 2.48. The summed E-state index contributed by atoms with van der Waals surface area (Å²) in [6.07, 6.45) is 6.28. The number of aliphatic carboxylic acids is 1. The maximum Gasteiger partial charge on any atom is 0.323 e. The van der Waals surface area contributed by atoms with Gasteiger partial charge in [-0.05, 0) is 58.9 Å². The zero-order chi connectivity index (χ0) is 14.0. The molecule has 1 aliphatic heterocycles. The molecule has 1 saturated heterocycles. The van der Waals surface area contributed by atoms with Gasteiger partial charge in [0.25, 0.3) is 0 Å². The van der Waals surface area contributed by atoms with E-state index in [4.69, 9.17) is 0 Å². The first-order valence-corrected chi connectivity index (χ1v) is 7.75. The minimum Gasteiger partial charge on any atom is -0.480 e. The third-order valence-electron chi connectivity index (χ3n) is 4.83. The minimum absolute atomic E-state index is 0.218. The van der Waals surface area contributed by atoms with Crippen molar-refractivity contribution in [3.05, 3.63) is 0 Å². The molecule has 2 N–H and O–H groups in total. The Hall–Kier alpha value is -0.610. The molecule has 1 heterocycles. The van der Waals surface area contributed by atoms with Crippen LogP contribution in [-0.2, 0) is 4.79 Å². The first-order chi connectivity index (χ1) is 8.98. The fraction of sp³-hybridized carbons (Fsp3) is 0.933. The molecule has 4 nitrogen and oxygen atoms in total. The zero-order valence-corrected chi connectivity index (χ0v) is 12.5. The van der Waals surface area contributed by atoms with Gasteiger partial charge < -0.3 is 5.11 Å². The van der Waals surface area contributed by atoms with Crippen LogP contribution in [0.5, 0.6) is 0 Å². The third kappa shape index (κ3) is 2.95. The first kappa shape index (κ1) is 14.8. The Morgan fingerprint density at radius 3 is 2.79 bits per heavy atom. The molecule has 110 valence electrons. The van der Waals surface area contributed by atoms with Crippen LogP contribution in [0.2, 0.25) is 0 Å². The van der Waals surface area contributed by atoms with Gasteiger partial charge in [-0.25, -0.2) is 0 Å². The van der Waals surface area contributed by atoms with E-state index in [0.29, 0.717) is 12.1 Å². The van der Waals surface area contributed by atoms with E-state index in [1.807, 2.05) is 13.8 Å². The molecule has 3 atom stereocenters. The topological polar surface area (TPSA) is 52.6 Å². The Kier molecular flexibility index (Phi) is 4.51. The smallest absolute Gasteiger partial charge is 0.323 e. The molecule has 0 aromatic heterocycles. The second kappa shape index (κ2) is 5.80. The molecule has 1 saturated carbocycles. The van der Waals surface area contributed by atoms with Gasteiger partial charge in [-0.3, -0.25) is 15.0 Å². The molecule has 0 spiro atoms. The van der Waals surface area contributed by atoms with Crippen LogP contribution in [0.3, 0.4) is 0 Å². The fourth-order valence-electron chi connectivity index (χ4n) is 4.02. The van der Waals surface area contributed by atoms with Gasteiger partial charge in [0.15, 0.2) is 0 Å². The van der Waals surface area contributed by atoms with E-state index in [1.165, 1.54) is 19.3 Å². The van der Waals surface area contributed by atoms with E-state index in [9.17, 15) is 9.90 Å². The van der Waals surface area contributed by atoms with Crippen molar-refractivity contribution in [2.75, 3.05) is 6.54 Å². The van der Waals surface area contributed by atoms with E-state index in [-0.39, 0.29) is 6.04 Å². The van der Waals surface area contributed by atoms with Crippen molar-refractivity contribution in [2.45, 2.75) is 83.0 Å². The lowest BCUT2D eigenvalue weighted by molar-refractivity contribution is -0.145. The Morgan fingerprint density at radius 1 is 1.47 bits per heavy atom. The number of carbonyl (C=O) groups is 1. The van der Waals surface area contributed by atoms with Gasteiger partial charge in [0, 0.05) is 18.1 Å². The summed E-state index contributed by atoms with van der Waals surface area (Å²) in [5, 5.41) is 12.9. The lowest BCUT2D eigenvalue weighted by atomic mass is 9.96. The van der Waals surface area contributed by atoms with Crippen LogP contribution in [0.4, 0.5) is 0 Å². The minimum atomic E-state index is -0.695. The Bertz CT molecular complexity index is 332. The number of nitrogens with zero attached hydrogens (tertiary/aromatic N) is 1. The molecular weight excluding hydrogens is 240 g/mol. The van der Waals surface area contributed by atoms with Crippen LogP contribution in [-0.4, -0.2) is 46.2 Å². The van der Waals surface area contributed by atoms with Crippen LogP contribution in [0, 0.1) is 0 Å². The molecule has 1 aliphatic carbocycles. The molecule has 0 aromatic carbocycles. The summed E-state index contributed by atoms with van der Waals surface area (Å²) < 4.78 is 0. The normalized spacial score (nSPS) is 36.2. The van der Waals surface area contributed by atoms with Crippen molar-refractivity contribution < 1.29 is 9.90 Å². The van der Waals surface area contributed by atoms with E-state index in [2.05, 4.69) is 17.1 Å². The van der Waals surface area contributed by atoms with Gasteiger partial charge in [0.1, 0.15) is 5.54 Å². The van der Waals surface area contributed by atoms with Gasteiger partial charge in [-0.2, -0.15) is 0 Å². The maximum atomic E-state index is 11.7. The predicted molar refractivity (Wildman–Crippen MR) is 76.3 cm³/mol. The molecule has 2 aliphatic rings. The van der Waals surface area contributed by atoms with Gasteiger partial charge >= 0.3 is 5.97 Å². The van der Waals surface area contributed by atoms with E-state index in [0.717, 1.165) is 25.8 Å². The van der Waals surface area contributed by atoms with Crippen LogP contribution in [0.1, 0.15) is 59.3 Å². The van der Waals surface area contributed by atoms with E-state index >= 15 is 0 Å². The van der Waals surface area contributed by atoms with Gasteiger partial charge in [-0.1, -0.05) is 6.92 Å². The van der Waals surface area contributed by atoms with Crippen molar-refractivity contribution in [3.8, 4) is 0 Å². The first-order valence-electron chi connectivity index (χ1n) is 7.75. The summed E-state index contributed by atoms with van der Waals surface area (Å²) >= 11 is 0. The molecule has 4 heteroatoms. The lowest BCUT2D eigenvalue weighted by Crippen LogP contribution is -2.54. The quantitative estimate of drug-likeness (QED) is 0.803. The molecule has 0 bridgehead atoms. The predicted octanol–water partition coefficient (Wildman–Crippen LogP) is 2.23. The second-order valence-corrected chi connectivity index (χ2v) is 6.53. The van der Waals surface area contributed by atoms with Crippen molar-refractivity contribution in [3.63, 3.8) is 0 Å². The highest BCUT2D eigenvalue weighted by Crippen LogP contribution is 2.37. The molecule has 2 rings (SSSR count). The highest BCUT2D eigenvalue weighted by atomic mass is 16.4. The molecule has 0 amide bonds. The zero-order valence-electron chi connectivity index (χ0n) is 12.5. The molecule has 2 fully saturated rings. The monoisotopic (exact) mass is 268 g/mol. The molecule has 0 aromatic rings. The number of carboxylic acid groups (broad SMARTS) is 1. The molecular formula is C15H28N2O2. The molecule has 0 radical (unpaired) electrons. The van der Waals surface area contributed by atoms with E-state index < -0.39 is 11.5 Å². The van der Waals surface area contributed by atoms with Crippen molar-refractivity contribution >= 4 is 5.97 Å². The summed E-state index contributed by atoms with van der Waals surface area (Å²) in [6.45, 7) is 7.46. The van der Waals surface area contributed by atoms with E-state index in [1.54, 1.807) is 0 Å². The summed E-state index contributed by atoms with van der Waals surface area (Å²) in [4.78, 5) is 14.3. The molecule has 3 unspecified atom stereocenters. The average Bonchev–Trinajstić information content (AvgIpc) is 2.94. The summed E-state index contributed by atoms with van der Waals surface area (Å²) in [7, 11) is 0. The highest BCUT2D eigenvalue weighted by molar-refractivity contribution is 5.79. The van der Waals surface area contributed by atoms with Gasteiger partial charge in [0.05, 0.1) is 0 Å². The summed E-state index contributed by atoms with van der Waals surface area (Å²) in [6, 6.07) is 1.35. The van der Waals surface area contributed by atoms with Gasteiger partial charge in [0.2, 0.25) is 0 Å². The maximum absolute atomic E-state index is 11.7. The number of nitrogens with one attached hydrogen (secondary N) is 1. The van der Waals surface area contributed by atoms with Crippen LogP contribution in [0.15, 0.2) is 0 Å². The number of hydrogen-bond donors (Lipinski definition) is 2. The average molecular weight is 268 g/mol. The Labute approximate surface area is 116 Å². The number of hydrogen-bond acceptors (Lipinski definition) is 3. The van der Waals surface area contributed by atoms with Crippen LogP contribution < -0.4 is 5.32 Å². The number of carboxylic acids is 1. The Balaban J connectivity index is 2.06. The summed E-state index contributed by atoms with van der Waals surface area (Å²) in [5.74, 6) is -0.670. The summed E-state index contributed by atoms with van der Waals surface area (Å²) in [5.41, 5.74) is -0.695. The van der Waals surface area contributed by atoms with Crippen molar-refractivity contribution in [2.24, 2.45) is 0 Å². The SMILES string of the molecule is CCC1CCCN1C1CCC(NC(C)C)(C(=O)O)C1.